The van der Waals surface area contributed by atoms with Crippen molar-refractivity contribution < 1.29 is 0 Å². The summed E-state index contributed by atoms with van der Waals surface area (Å²) < 4.78 is 0. The Balaban J connectivity index is 2.92. The van der Waals surface area contributed by atoms with Crippen molar-refractivity contribution in [3.63, 3.8) is 0 Å². The first kappa shape index (κ1) is 11.7. The largest absolute Gasteiger partial charge is 0.353 e. The van der Waals surface area contributed by atoms with Gasteiger partial charge in [0.25, 0.3) is 0 Å². The molecular weight excluding hydrogens is 186 g/mol. The Kier molecular flexibility index (Phi) is 4.84. The topological polar surface area (TPSA) is 42.2 Å². The van der Waals surface area contributed by atoms with Crippen LogP contribution in [0.5, 0.6) is 0 Å². The second kappa shape index (κ2) is 6.19. The van der Waals surface area contributed by atoms with Crippen molar-refractivity contribution in [3.05, 3.63) is 36.5 Å². The van der Waals surface area contributed by atoms with Crippen molar-refractivity contribution in [3.8, 4) is 0 Å². The first-order valence-electron chi connectivity index (χ1n) is 5.33. The lowest BCUT2D eigenvalue weighted by atomic mass is 10.2. The molecule has 0 atom stereocenters. The van der Waals surface area contributed by atoms with Crippen LogP contribution in [0.15, 0.2) is 31.0 Å². The molecule has 0 spiro atoms. The van der Waals surface area contributed by atoms with Crippen LogP contribution in [0, 0.1) is 0 Å². The number of anilines is 1. The fourth-order valence-electron chi connectivity index (χ4n) is 1.58. The molecule has 15 heavy (non-hydrogen) atoms. The standard InChI is InChI=1S/C12H19N3/c1-3-8-15(9-4-2)12-11(10-13)6-5-7-14-12/h3,5-7H,1,4,8-10,13H2,2H3. The van der Waals surface area contributed by atoms with Crippen LogP contribution in [-0.4, -0.2) is 18.1 Å². The highest BCUT2D eigenvalue weighted by Gasteiger charge is 2.08. The summed E-state index contributed by atoms with van der Waals surface area (Å²) in [6.45, 7) is 8.24. The first-order chi connectivity index (χ1) is 7.33. The minimum atomic E-state index is 0.528. The highest BCUT2D eigenvalue weighted by Crippen LogP contribution is 2.16. The normalized spacial score (nSPS) is 10.0. The average molecular weight is 205 g/mol. The fraction of sp³-hybridized carbons (Fsp3) is 0.417. The molecule has 3 heteroatoms. The lowest BCUT2D eigenvalue weighted by molar-refractivity contribution is 0.793. The van der Waals surface area contributed by atoms with Gasteiger partial charge in [-0.3, -0.25) is 0 Å². The molecule has 1 heterocycles. The number of hydrogen-bond donors (Lipinski definition) is 1. The van der Waals surface area contributed by atoms with E-state index in [-0.39, 0.29) is 0 Å². The smallest absolute Gasteiger partial charge is 0.133 e. The van der Waals surface area contributed by atoms with Gasteiger partial charge < -0.3 is 10.6 Å². The van der Waals surface area contributed by atoms with Crippen molar-refractivity contribution in [1.29, 1.82) is 0 Å². The van der Waals surface area contributed by atoms with Crippen molar-refractivity contribution in [2.45, 2.75) is 19.9 Å². The van der Waals surface area contributed by atoms with Crippen LogP contribution < -0.4 is 10.6 Å². The maximum absolute atomic E-state index is 5.69. The molecule has 2 N–H and O–H groups in total. The van der Waals surface area contributed by atoms with Gasteiger partial charge in [0.1, 0.15) is 5.82 Å². The monoisotopic (exact) mass is 205 g/mol. The molecule has 0 radical (unpaired) electrons. The summed E-state index contributed by atoms with van der Waals surface area (Å²) in [7, 11) is 0. The zero-order valence-corrected chi connectivity index (χ0v) is 9.32. The third-order valence-corrected chi connectivity index (χ3v) is 2.23. The molecule has 0 fully saturated rings. The van der Waals surface area contributed by atoms with E-state index in [0.29, 0.717) is 6.54 Å². The molecule has 0 saturated heterocycles. The van der Waals surface area contributed by atoms with Crippen molar-refractivity contribution in [1.82, 2.24) is 4.98 Å². The minimum Gasteiger partial charge on any atom is -0.353 e. The van der Waals surface area contributed by atoms with E-state index in [0.717, 1.165) is 30.9 Å². The highest BCUT2D eigenvalue weighted by atomic mass is 15.2. The summed E-state index contributed by atoms with van der Waals surface area (Å²) in [5.74, 6) is 0.988. The lowest BCUT2D eigenvalue weighted by Gasteiger charge is -2.23. The molecule has 0 unspecified atom stereocenters. The number of aromatic nitrogens is 1. The third-order valence-electron chi connectivity index (χ3n) is 2.23. The molecule has 0 bridgehead atoms. The number of pyridine rings is 1. The Morgan fingerprint density at radius 3 is 3.00 bits per heavy atom. The summed E-state index contributed by atoms with van der Waals surface area (Å²) in [5, 5.41) is 0. The van der Waals surface area contributed by atoms with Crippen LogP contribution in [0.4, 0.5) is 5.82 Å². The molecule has 0 saturated carbocycles. The molecule has 0 aliphatic rings. The molecule has 0 amide bonds. The third kappa shape index (κ3) is 3.06. The van der Waals surface area contributed by atoms with Crippen LogP contribution in [0.2, 0.25) is 0 Å². The molecule has 82 valence electrons. The molecule has 0 aliphatic carbocycles. The van der Waals surface area contributed by atoms with Crippen LogP contribution in [0.1, 0.15) is 18.9 Å². The molecule has 1 aromatic rings. The van der Waals surface area contributed by atoms with Crippen LogP contribution in [0.25, 0.3) is 0 Å². The lowest BCUT2D eigenvalue weighted by Crippen LogP contribution is -2.26. The molecule has 0 aromatic carbocycles. The SMILES string of the molecule is C=CCN(CCC)c1ncccc1CN. The number of hydrogen-bond acceptors (Lipinski definition) is 3. The fourth-order valence-corrected chi connectivity index (χ4v) is 1.58. The minimum absolute atomic E-state index is 0.528. The maximum atomic E-state index is 5.69. The van der Waals surface area contributed by atoms with Crippen molar-refractivity contribution in [2.75, 3.05) is 18.0 Å². The number of rotatable bonds is 6. The summed E-state index contributed by atoms with van der Waals surface area (Å²) in [6, 6.07) is 3.94. The predicted molar refractivity (Wildman–Crippen MR) is 64.8 cm³/mol. The van der Waals surface area contributed by atoms with Gasteiger partial charge in [0.15, 0.2) is 0 Å². The van der Waals surface area contributed by atoms with E-state index >= 15 is 0 Å². The van der Waals surface area contributed by atoms with E-state index in [1.165, 1.54) is 0 Å². The molecular formula is C12H19N3. The zero-order valence-electron chi connectivity index (χ0n) is 9.32. The Labute approximate surface area is 91.6 Å². The molecule has 1 aromatic heterocycles. The van der Waals surface area contributed by atoms with E-state index in [4.69, 9.17) is 5.73 Å². The highest BCUT2D eigenvalue weighted by molar-refractivity contribution is 5.47. The number of nitrogens with two attached hydrogens (primary N) is 1. The van der Waals surface area contributed by atoms with Gasteiger partial charge in [-0.05, 0) is 12.5 Å². The van der Waals surface area contributed by atoms with E-state index in [1.807, 2.05) is 18.2 Å². The molecule has 3 nitrogen and oxygen atoms in total. The quantitative estimate of drug-likeness (QED) is 0.722. The van der Waals surface area contributed by atoms with Crippen LogP contribution in [0.3, 0.4) is 0 Å². The van der Waals surface area contributed by atoms with E-state index < -0.39 is 0 Å². The Morgan fingerprint density at radius 2 is 2.40 bits per heavy atom. The zero-order chi connectivity index (χ0) is 11.1. The van der Waals surface area contributed by atoms with Crippen LogP contribution >= 0.6 is 0 Å². The van der Waals surface area contributed by atoms with Gasteiger partial charge in [-0.15, -0.1) is 6.58 Å². The van der Waals surface area contributed by atoms with E-state index in [2.05, 4.69) is 23.4 Å². The average Bonchev–Trinajstić information content (AvgIpc) is 2.29. The van der Waals surface area contributed by atoms with Gasteiger partial charge in [0.2, 0.25) is 0 Å². The van der Waals surface area contributed by atoms with Gasteiger partial charge in [-0.2, -0.15) is 0 Å². The molecule has 0 aliphatic heterocycles. The Morgan fingerprint density at radius 1 is 1.60 bits per heavy atom. The van der Waals surface area contributed by atoms with Gasteiger partial charge in [-0.1, -0.05) is 19.1 Å². The second-order valence-electron chi connectivity index (χ2n) is 3.42. The molecule has 1 rings (SSSR count). The predicted octanol–water partition coefficient (Wildman–Crippen LogP) is 1.94. The summed E-state index contributed by atoms with van der Waals surface area (Å²) in [5.41, 5.74) is 6.78. The first-order valence-corrected chi connectivity index (χ1v) is 5.33. The van der Waals surface area contributed by atoms with E-state index in [9.17, 15) is 0 Å². The van der Waals surface area contributed by atoms with Crippen molar-refractivity contribution >= 4 is 5.82 Å². The van der Waals surface area contributed by atoms with Gasteiger partial charge >= 0.3 is 0 Å². The summed E-state index contributed by atoms with van der Waals surface area (Å²) in [6.07, 6.45) is 4.79. The van der Waals surface area contributed by atoms with Crippen molar-refractivity contribution in [2.24, 2.45) is 5.73 Å². The maximum Gasteiger partial charge on any atom is 0.133 e. The van der Waals surface area contributed by atoms with Gasteiger partial charge in [-0.25, -0.2) is 4.98 Å². The second-order valence-corrected chi connectivity index (χ2v) is 3.42. The Bertz CT molecular complexity index is 309. The Hall–Kier alpha value is -1.35. The van der Waals surface area contributed by atoms with Gasteiger partial charge in [0, 0.05) is 31.4 Å². The van der Waals surface area contributed by atoms with Crippen LogP contribution in [-0.2, 0) is 6.54 Å². The van der Waals surface area contributed by atoms with E-state index in [1.54, 1.807) is 6.20 Å². The number of nitrogens with zero attached hydrogens (tertiary/aromatic N) is 2. The summed E-state index contributed by atoms with van der Waals surface area (Å²) >= 11 is 0. The van der Waals surface area contributed by atoms with Gasteiger partial charge in [0.05, 0.1) is 0 Å². The summed E-state index contributed by atoms with van der Waals surface area (Å²) in [4.78, 5) is 6.59.